The van der Waals surface area contributed by atoms with Crippen LogP contribution < -0.4 is 0 Å². The molecule has 0 aromatic carbocycles. The second kappa shape index (κ2) is 9.66. The summed E-state index contributed by atoms with van der Waals surface area (Å²) in [6.07, 6.45) is 2.54. The quantitative estimate of drug-likeness (QED) is 0.366. The number of fused-ring (bicyclic) bond motifs is 2. The Labute approximate surface area is 256 Å². The summed E-state index contributed by atoms with van der Waals surface area (Å²) in [6.45, 7) is 12.4. The van der Waals surface area contributed by atoms with Gasteiger partial charge in [0, 0.05) is 47.1 Å². The molecule has 240 valence electrons. The second-order valence-corrected chi connectivity index (χ2v) is 14.5. The van der Waals surface area contributed by atoms with Crippen LogP contribution in [0, 0.1) is 39.9 Å². The van der Waals surface area contributed by atoms with E-state index in [-0.39, 0.29) is 6.42 Å². The van der Waals surface area contributed by atoms with Crippen molar-refractivity contribution < 1.29 is 52.4 Å². The number of hydrogen-bond donors (Lipinski definition) is 1. The summed E-state index contributed by atoms with van der Waals surface area (Å²) in [5.41, 5.74) is -3.11. The Morgan fingerprint density at radius 3 is 2.41 bits per heavy atom. The lowest BCUT2D eigenvalue weighted by Gasteiger charge is -2.67. The minimum absolute atomic E-state index is 0.0745. The van der Waals surface area contributed by atoms with Gasteiger partial charge in [-0.3, -0.25) is 14.4 Å². The van der Waals surface area contributed by atoms with E-state index in [0.717, 1.165) is 0 Å². The Bertz CT molecular complexity index is 1430. The van der Waals surface area contributed by atoms with Gasteiger partial charge in [0.1, 0.15) is 23.9 Å². The van der Waals surface area contributed by atoms with Gasteiger partial charge in [-0.15, -0.1) is 0 Å². The average molecular weight is 615 g/mol. The molecule has 44 heavy (non-hydrogen) atoms. The molecule has 4 heterocycles. The number of rotatable bonds is 6. The standard InChI is InChI=1S/C33H42O11/c1-16(2)28(37)43-26-24-27(41-17(3)34)32-19(31(7,33(24,38)44-32)20(29(26,4)5)13-22(35)39-8)9-11-30(6)21(32)14-23(36)42-25(30)18-10-12-40-15-18/h10,12,14-16,19-20,24-27,38H,9,11,13H2,1-8H3/t19-,20+,24+,25+,26-,27-,30-,31-,32-,33?/m1/s1. The molecule has 2 bridgehead atoms. The Hall–Kier alpha value is -3.18. The first kappa shape index (κ1) is 30.8. The largest absolute Gasteiger partial charge is 0.472 e. The Morgan fingerprint density at radius 1 is 1.11 bits per heavy atom. The lowest BCUT2D eigenvalue weighted by Crippen LogP contribution is -2.76. The highest BCUT2D eigenvalue weighted by atomic mass is 16.7. The average Bonchev–Trinajstić information content (AvgIpc) is 3.61. The van der Waals surface area contributed by atoms with Gasteiger partial charge < -0.3 is 33.2 Å². The van der Waals surface area contributed by atoms with Gasteiger partial charge in [-0.05, 0) is 30.4 Å². The van der Waals surface area contributed by atoms with E-state index < -0.39 is 93.5 Å². The molecule has 5 aliphatic rings. The molecule has 11 heteroatoms. The van der Waals surface area contributed by atoms with Crippen LogP contribution in [-0.2, 0) is 42.9 Å². The molecule has 3 aliphatic heterocycles. The molecule has 6 rings (SSSR count). The summed E-state index contributed by atoms with van der Waals surface area (Å²) < 4.78 is 35.7. The highest BCUT2D eigenvalue weighted by Crippen LogP contribution is 2.81. The molecular weight excluding hydrogens is 572 g/mol. The summed E-state index contributed by atoms with van der Waals surface area (Å²) in [5, 5.41) is 13.0. The van der Waals surface area contributed by atoms with Crippen LogP contribution in [0.3, 0.4) is 0 Å². The van der Waals surface area contributed by atoms with Crippen molar-refractivity contribution in [2.24, 2.45) is 39.9 Å². The van der Waals surface area contributed by atoms with Gasteiger partial charge in [0.25, 0.3) is 0 Å². The van der Waals surface area contributed by atoms with E-state index in [1.165, 1.54) is 32.6 Å². The highest BCUT2D eigenvalue weighted by Gasteiger charge is 2.90. The molecule has 1 unspecified atom stereocenters. The van der Waals surface area contributed by atoms with Gasteiger partial charge in [0.15, 0.2) is 5.79 Å². The number of esters is 4. The van der Waals surface area contributed by atoms with E-state index in [1.54, 1.807) is 19.9 Å². The van der Waals surface area contributed by atoms with Crippen LogP contribution in [0.15, 0.2) is 34.7 Å². The molecule has 0 amide bonds. The number of carbonyl (C=O) groups is 4. The molecule has 2 saturated heterocycles. The first-order valence-electron chi connectivity index (χ1n) is 15.3. The number of carbonyl (C=O) groups excluding carboxylic acids is 4. The van der Waals surface area contributed by atoms with Crippen molar-refractivity contribution in [1.29, 1.82) is 0 Å². The second-order valence-electron chi connectivity index (χ2n) is 14.5. The van der Waals surface area contributed by atoms with E-state index >= 15 is 0 Å². The van der Waals surface area contributed by atoms with Crippen LogP contribution >= 0.6 is 0 Å². The minimum Gasteiger partial charge on any atom is -0.472 e. The normalized spacial score (nSPS) is 43.0. The van der Waals surface area contributed by atoms with Gasteiger partial charge in [-0.25, -0.2) is 4.79 Å². The van der Waals surface area contributed by atoms with Crippen molar-refractivity contribution >= 4 is 23.9 Å². The fourth-order valence-corrected chi connectivity index (χ4v) is 9.87. The molecule has 0 radical (unpaired) electrons. The lowest BCUT2D eigenvalue weighted by atomic mass is 9.37. The van der Waals surface area contributed by atoms with E-state index in [2.05, 4.69) is 0 Å². The molecule has 1 N–H and O–H groups in total. The summed E-state index contributed by atoms with van der Waals surface area (Å²) in [7, 11) is 1.31. The summed E-state index contributed by atoms with van der Waals surface area (Å²) >= 11 is 0. The van der Waals surface area contributed by atoms with Gasteiger partial charge >= 0.3 is 23.9 Å². The van der Waals surface area contributed by atoms with E-state index in [0.29, 0.717) is 24.0 Å². The van der Waals surface area contributed by atoms with Crippen LogP contribution in [-0.4, -0.2) is 59.7 Å². The summed E-state index contributed by atoms with van der Waals surface area (Å²) in [5.74, 6) is -6.80. The Balaban J connectivity index is 1.62. The molecule has 4 fully saturated rings. The summed E-state index contributed by atoms with van der Waals surface area (Å²) in [4.78, 5) is 52.4. The fourth-order valence-electron chi connectivity index (χ4n) is 9.87. The molecular formula is C33H42O11. The van der Waals surface area contributed by atoms with Gasteiger partial charge in [0.05, 0.1) is 31.5 Å². The number of aliphatic hydroxyl groups is 1. The smallest absolute Gasteiger partial charge is 0.331 e. The van der Waals surface area contributed by atoms with Crippen LogP contribution in [0.25, 0.3) is 0 Å². The van der Waals surface area contributed by atoms with Gasteiger partial charge in [0.2, 0.25) is 0 Å². The maximum atomic E-state index is 13.3. The van der Waals surface area contributed by atoms with Crippen molar-refractivity contribution in [1.82, 2.24) is 0 Å². The van der Waals surface area contributed by atoms with E-state index in [4.69, 9.17) is 28.1 Å². The fraction of sp³-hybridized carbons (Fsp3) is 0.697. The number of methoxy groups -OCH3 is 1. The van der Waals surface area contributed by atoms with Crippen molar-refractivity contribution in [3.05, 3.63) is 35.8 Å². The third-order valence-corrected chi connectivity index (χ3v) is 11.7. The van der Waals surface area contributed by atoms with Gasteiger partial charge in [-0.1, -0.05) is 41.5 Å². The maximum absolute atomic E-state index is 13.3. The van der Waals surface area contributed by atoms with Crippen LogP contribution in [0.4, 0.5) is 0 Å². The zero-order valence-electron chi connectivity index (χ0n) is 26.5. The number of hydrogen-bond acceptors (Lipinski definition) is 11. The third kappa shape index (κ3) is 3.68. The molecule has 1 aromatic rings. The third-order valence-electron chi connectivity index (χ3n) is 11.7. The zero-order valence-corrected chi connectivity index (χ0v) is 26.5. The van der Waals surface area contributed by atoms with E-state index in [9.17, 15) is 24.3 Å². The number of cyclic esters (lactones) is 1. The molecule has 10 atom stereocenters. The van der Waals surface area contributed by atoms with Crippen LogP contribution in [0.5, 0.6) is 0 Å². The highest BCUT2D eigenvalue weighted by molar-refractivity contribution is 5.85. The Kier molecular flexibility index (Phi) is 6.77. The summed E-state index contributed by atoms with van der Waals surface area (Å²) in [6, 6.07) is 1.74. The molecule has 11 nitrogen and oxygen atoms in total. The minimum atomic E-state index is -2.01. The van der Waals surface area contributed by atoms with Gasteiger partial charge in [-0.2, -0.15) is 0 Å². The van der Waals surface area contributed by atoms with Crippen LogP contribution in [0.2, 0.25) is 0 Å². The molecule has 2 saturated carbocycles. The zero-order chi connectivity index (χ0) is 32.2. The maximum Gasteiger partial charge on any atom is 0.331 e. The topological polar surface area (TPSA) is 148 Å². The van der Waals surface area contributed by atoms with Crippen molar-refractivity contribution in [2.75, 3.05) is 7.11 Å². The van der Waals surface area contributed by atoms with Crippen LogP contribution in [0.1, 0.15) is 79.4 Å². The Morgan fingerprint density at radius 2 is 1.82 bits per heavy atom. The monoisotopic (exact) mass is 614 g/mol. The first-order chi connectivity index (χ1) is 20.5. The van der Waals surface area contributed by atoms with Crippen molar-refractivity contribution in [2.45, 2.75) is 97.4 Å². The SMILES string of the molecule is COC(=O)C[C@H]1C(C)(C)[C@H](OC(=O)C(C)C)[C@H]2[C@@H](OC(C)=O)[C@@]34OC2(O)[C@]1(C)[C@H]3CC[C@]1(C)C4=CC(=O)O[C@H]1c1ccoc1. The van der Waals surface area contributed by atoms with E-state index in [1.807, 2.05) is 27.7 Å². The molecule has 1 aromatic heterocycles. The first-order valence-corrected chi connectivity index (χ1v) is 15.3. The predicted molar refractivity (Wildman–Crippen MR) is 151 cm³/mol. The predicted octanol–water partition coefficient (Wildman–Crippen LogP) is 4.03. The molecule has 2 aliphatic carbocycles. The number of ether oxygens (including phenoxy) is 5. The number of furan rings is 1. The lowest BCUT2D eigenvalue weighted by molar-refractivity contribution is -0.326. The van der Waals surface area contributed by atoms with Crippen molar-refractivity contribution in [3.8, 4) is 0 Å². The molecule has 1 spiro atoms. The van der Waals surface area contributed by atoms with Crippen molar-refractivity contribution in [3.63, 3.8) is 0 Å².